The minimum Gasteiger partial charge on any atom is -0.497 e. The van der Waals surface area contributed by atoms with E-state index in [1.807, 2.05) is 31.2 Å². The van der Waals surface area contributed by atoms with Gasteiger partial charge in [-0.1, -0.05) is 22.9 Å². The standard InChI is InChI=1S/C7H7BrO.C4H8O2.C3H4O3/c1-9-7-4-2-6(8)3-5-7;1-2-3-4(5)6;4-3(5)2-1-6-2/h2-5H,1H3;2-3H2,1H3,(H,5,6);2H,1H2,(H,4,5). The van der Waals surface area contributed by atoms with E-state index < -0.39 is 18.0 Å². The van der Waals surface area contributed by atoms with E-state index in [0.29, 0.717) is 13.0 Å². The van der Waals surface area contributed by atoms with Crippen LogP contribution in [-0.4, -0.2) is 42.0 Å². The molecule has 0 saturated carbocycles. The van der Waals surface area contributed by atoms with Crippen molar-refractivity contribution in [2.75, 3.05) is 13.7 Å². The Bertz CT molecular complexity index is 428. The molecule has 1 atom stereocenters. The molecule has 1 fully saturated rings. The van der Waals surface area contributed by atoms with Crippen molar-refractivity contribution < 1.29 is 29.3 Å². The molecule has 1 aliphatic heterocycles. The second-order valence-electron chi connectivity index (χ2n) is 3.96. The molecular weight excluding hydrogens is 344 g/mol. The van der Waals surface area contributed by atoms with Gasteiger partial charge in [-0.25, -0.2) is 4.79 Å². The second-order valence-corrected chi connectivity index (χ2v) is 4.88. The monoisotopic (exact) mass is 362 g/mol. The number of ether oxygens (including phenoxy) is 2. The van der Waals surface area contributed by atoms with Gasteiger partial charge in [0.05, 0.1) is 13.7 Å². The summed E-state index contributed by atoms with van der Waals surface area (Å²) in [6, 6.07) is 7.70. The summed E-state index contributed by atoms with van der Waals surface area (Å²) < 4.78 is 10.4. The first-order valence-electron chi connectivity index (χ1n) is 6.26. The minimum absolute atomic E-state index is 0.292. The van der Waals surface area contributed by atoms with Gasteiger partial charge in [-0.05, 0) is 30.7 Å². The first-order valence-corrected chi connectivity index (χ1v) is 7.05. The summed E-state index contributed by atoms with van der Waals surface area (Å²) in [5.41, 5.74) is 0. The third kappa shape index (κ3) is 11.9. The Hall–Kier alpha value is -1.60. The van der Waals surface area contributed by atoms with Crippen LogP contribution in [0.5, 0.6) is 5.75 Å². The summed E-state index contributed by atoms with van der Waals surface area (Å²) in [5, 5.41) is 15.8. The molecule has 21 heavy (non-hydrogen) atoms. The maximum absolute atomic E-state index is 9.64. The van der Waals surface area contributed by atoms with Crippen LogP contribution >= 0.6 is 15.9 Å². The molecule has 0 bridgehead atoms. The maximum Gasteiger partial charge on any atom is 0.335 e. The molecule has 7 heteroatoms. The number of benzene rings is 1. The largest absolute Gasteiger partial charge is 0.497 e. The molecule has 1 heterocycles. The summed E-state index contributed by atoms with van der Waals surface area (Å²) in [4.78, 5) is 19.2. The number of hydrogen-bond donors (Lipinski definition) is 2. The third-order valence-corrected chi connectivity index (χ3v) is 2.65. The summed E-state index contributed by atoms with van der Waals surface area (Å²) in [7, 11) is 1.66. The highest BCUT2D eigenvalue weighted by molar-refractivity contribution is 9.10. The first-order chi connectivity index (χ1) is 9.90. The van der Waals surface area contributed by atoms with Crippen LogP contribution in [0.4, 0.5) is 0 Å². The van der Waals surface area contributed by atoms with Crippen LogP contribution in [-0.2, 0) is 14.3 Å². The van der Waals surface area contributed by atoms with Gasteiger partial charge in [0.1, 0.15) is 5.75 Å². The molecule has 1 aromatic rings. The highest BCUT2D eigenvalue weighted by Crippen LogP contribution is 2.14. The van der Waals surface area contributed by atoms with Crippen molar-refractivity contribution in [3.05, 3.63) is 28.7 Å². The molecular formula is C14H19BrO6. The average molecular weight is 363 g/mol. The number of epoxide rings is 1. The molecule has 6 nitrogen and oxygen atoms in total. The van der Waals surface area contributed by atoms with E-state index in [9.17, 15) is 9.59 Å². The number of carboxylic acids is 2. The number of carbonyl (C=O) groups is 2. The number of halogens is 1. The number of carboxylic acid groups (broad SMARTS) is 2. The van der Waals surface area contributed by atoms with E-state index in [0.717, 1.165) is 16.6 Å². The molecule has 0 amide bonds. The molecule has 0 aliphatic carbocycles. The Morgan fingerprint density at radius 2 is 1.86 bits per heavy atom. The summed E-state index contributed by atoms with van der Waals surface area (Å²) in [6.45, 7) is 2.24. The molecule has 1 saturated heterocycles. The highest BCUT2D eigenvalue weighted by Gasteiger charge is 2.30. The zero-order valence-electron chi connectivity index (χ0n) is 11.9. The van der Waals surface area contributed by atoms with Gasteiger partial charge in [0, 0.05) is 10.9 Å². The van der Waals surface area contributed by atoms with Crippen molar-refractivity contribution in [3.8, 4) is 5.75 Å². The van der Waals surface area contributed by atoms with Crippen molar-refractivity contribution in [1.82, 2.24) is 0 Å². The fourth-order valence-corrected chi connectivity index (χ4v) is 1.24. The molecule has 2 N–H and O–H groups in total. The Morgan fingerprint density at radius 3 is 2.05 bits per heavy atom. The van der Waals surface area contributed by atoms with E-state index in [-0.39, 0.29) is 0 Å². The number of rotatable bonds is 4. The minimum atomic E-state index is -0.852. The Morgan fingerprint density at radius 1 is 1.33 bits per heavy atom. The lowest BCUT2D eigenvalue weighted by Crippen LogP contribution is -2.02. The van der Waals surface area contributed by atoms with Crippen molar-refractivity contribution in [3.63, 3.8) is 0 Å². The van der Waals surface area contributed by atoms with Crippen LogP contribution in [0.15, 0.2) is 28.7 Å². The molecule has 0 spiro atoms. The molecule has 0 radical (unpaired) electrons. The lowest BCUT2D eigenvalue weighted by molar-refractivity contribution is -0.138. The van der Waals surface area contributed by atoms with Crippen molar-refractivity contribution in [1.29, 1.82) is 0 Å². The van der Waals surface area contributed by atoms with E-state index in [1.54, 1.807) is 7.11 Å². The molecule has 2 rings (SSSR count). The molecule has 1 unspecified atom stereocenters. The number of aliphatic carboxylic acids is 2. The summed E-state index contributed by atoms with van der Waals surface area (Å²) in [5.74, 6) is -0.675. The fraction of sp³-hybridized carbons (Fsp3) is 0.429. The quantitative estimate of drug-likeness (QED) is 0.799. The maximum atomic E-state index is 9.64. The summed E-state index contributed by atoms with van der Waals surface area (Å²) >= 11 is 3.32. The molecule has 118 valence electrons. The van der Waals surface area contributed by atoms with E-state index in [4.69, 9.17) is 14.9 Å². The normalized spacial score (nSPS) is 14.7. The van der Waals surface area contributed by atoms with Crippen molar-refractivity contribution in [2.24, 2.45) is 0 Å². The average Bonchev–Trinajstić information content (AvgIpc) is 3.25. The molecule has 1 aromatic carbocycles. The van der Waals surface area contributed by atoms with Crippen LogP contribution in [0.2, 0.25) is 0 Å². The van der Waals surface area contributed by atoms with Crippen LogP contribution in [0.1, 0.15) is 19.8 Å². The first kappa shape index (κ1) is 19.4. The molecule has 1 aliphatic rings. The predicted octanol–water partition coefficient (Wildman–Crippen LogP) is 2.80. The topological polar surface area (TPSA) is 96.4 Å². The van der Waals surface area contributed by atoms with Gasteiger partial charge in [-0.15, -0.1) is 0 Å². The van der Waals surface area contributed by atoms with Crippen LogP contribution < -0.4 is 4.74 Å². The van der Waals surface area contributed by atoms with Crippen LogP contribution in [0, 0.1) is 0 Å². The number of hydrogen-bond acceptors (Lipinski definition) is 4. The third-order valence-electron chi connectivity index (χ3n) is 2.12. The van der Waals surface area contributed by atoms with Crippen molar-refractivity contribution >= 4 is 27.9 Å². The lowest BCUT2D eigenvalue weighted by Gasteiger charge is -1.96. The zero-order chi connectivity index (χ0) is 16.3. The Labute approximate surface area is 131 Å². The second kappa shape index (κ2) is 11.1. The molecule has 0 aromatic heterocycles. The van der Waals surface area contributed by atoms with Gasteiger partial charge in [0.2, 0.25) is 0 Å². The van der Waals surface area contributed by atoms with Crippen molar-refractivity contribution in [2.45, 2.75) is 25.9 Å². The van der Waals surface area contributed by atoms with E-state index >= 15 is 0 Å². The SMILES string of the molecule is CCCC(=O)O.COc1ccc(Br)cc1.O=C(O)C1CO1. The van der Waals surface area contributed by atoms with Crippen LogP contribution in [0.3, 0.4) is 0 Å². The van der Waals surface area contributed by atoms with Gasteiger partial charge < -0.3 is 19.7 Å². The van der Waals surface area contributed by atoms with E-state index in [1.165, 1.54) is 0 Å². The number of methoxy groups -OCH3 is 1. The predicted molar refractivity (Wildman–Crippen MR) is 80.6 cm³/mol. The van der Waals surface area contributed by atoms with E-state index in [2.05, 4.69) is 20.7 Å². The van der Waals surface area contributed by atoms with Gasteiger partial charge in [0.15, 0.2) is 6.10 Å². The highest BCUT2D eigenvalue weighted by atomic mass is 79.9. The van der Waals surface area contributed by atoms with Gasteiger partial charge >= 0.3 is 11.9 Å². The smallest absolute Gasteiger partial charge is 0.335 e. The fourth-order valence-electron chi connectivity index (χ4n) is 0.975. The Balaban J connectivity index is 0.000000297. The zero-order valence-corrected chi connectivity index (χ0v) is 13.5. The lowest BCUT2D eigenvalue weighted by atomic mass is 10.3. The summed E-state index contributed by atoms with van der Waals surface area (Å²) in [6.07, 6.45) is 0.542. The Kier molecular flexibility index (Phi) is 10.3. The van der Waals surface area contributed by atoms with Gasteiger partial charge in [0.25, 0.3) is 0 Å². The van der Waals surface area contributed by atoms with Gasteiger partial charge in [-0.3, -0.25) is 4.79 Å². The van der Waals surface area contributed by atoms with Gasteiger partial charge in [-0.2, -0.15) is 0 Å². The van der Waals surface area contributed by atoms with Crippen LogP contribution in [0.25, 0.3) is 0 Å².